The minimum atomic E-state index is 0.325. The number of hydrogen-bond acceptors (Lipinski definition) is 3. The first-order chi connectivity index (χ1) is 9.97. The molecule has 4 heteroatoms. The van der Waals surface area contributed by atoms with E-state index in [-0.39, 0.29) is 0 Å². The third-order valence-corrected chi connectivity index (χ3v) is 3.16. The number of hydrogen-bond donors (Lipinski definition) is 0. The van der Waals surface area contributed by atoms with Crippen molar-refractivity contribution >= 4 is 11.6 Å². The number of nitriles is 1. The van der Waals surface area contributed by atoms with Crippen LogP contribution in [0.4, 0.5) is 0 Å². The highest BCUT2D eigenvalue weighted by molar-refractivity contribution is 6.31. The molecule has 2 aromatic rings. The minimum absolute atomic E-state index is 0.325. The lowest BCUT2D eigenvalue weighted by Gasteiger charge is -2.04. The molecule has 0 N–H and O–H groups in total. The van der Waals surface area contributed by atoms with E-state index in [0.29, 0.717) is 17.4 Å². The fraction of sp³-hybridized carbons (Fsp3) is 0.353. The van der Waals surface area contributed by atoms with Crippen LogP contribution < -0.4 is 0 Å². The van der Waals surface area contributed by atoms with Crippen molar-refractivity contribution in [1.82, 2.24) is 9.97 Å². The first-order valence-electron chi connectivity index (χ1n) is 6.92. The molecule has 0 aliphatic rings. The van der Waals surface area contributed by atoms with Crippen LogP contribution in [0.3, 0.4) is 0 Å². The molecule has 21 heavy (non-hydrogen) atoms. The Balaban J connectivity index is 0.000000211. The Bertz CT molecular complexity index is 615. The van der Waals surface area contributed by atoms with Gasteiger partial charge in [0, 0.05) is 12.4 Å². The maximum absolute atomic E-state index is 8.68. The molecule has 0 atom stereocenters. The quantitative estimate of drug-likeness (QED) is 0.789. The van der Waals surface area contributed by atoms with Gasteiger partial charge in [0.15, 0.2) is 0 Å². The fourth-order valence-corrected chi connectivity index (χ4v) is 2.13. The summed E-state index contributed by atoms with van der Waals surface area (Å²) in [6.45, 7) is 8.22. The van der Waals surface area contributed by atoms with Gasteiger partial charge in [0.2, 0.25) is 0 Å². The van der Waals surface area contributed by atoms with Crippen molar-refractivity contribution in [2.24, 2.45) is 0 Å². The number of pyridine rings is 2. The molecule has 0 bridgehead atoms. The Morgan fingerprint density at radius 3 is 1.86 bits per heavy atom. The molecular formula is C17H20ClN3. The lowest BCUT2D eigenvalue weighted by atomic mass is 10.1. The summed E-state index contributed by atoms with van der Waals surface area (Å²) in [6, 6.07) is 9.40. The molecule has 0 spiro atoms. The third kappa shape index (κ3) is 5.17. The average molecular weight is 302 g/mol. The van der Waals surface area contributed by atoms with Gasteiger partial charge in [-0.15, -0.1) is 0 Å². The zero-order valence-corrected chi connectivity index (χ0v) is 13.6. The summed E-state index contributed by atoms with van der Waals surface area (Å²) in [6.07, 6.45) is 3.48. The number of nitrogens with zero attached hydrogens (tertiary/aromatic N) is 3. The minimum Gasteiger partial charge on any atom is -0.260 e. The molecule has 2 rings (SSSR count). The maximum Gasteiger partial charge on any atom is 0.101 e. The number of aromatic nitrogens is 2. The molecule has 3 nitrogen and oxygen atoms in total. The predicted octanol–water partition coefficient (Wildman–Crippen LogP) is 4.94. The summed E-state index contributed by atoms with van der Waals surface area (Å²) < 4.78 is 0. The van der Waals surface area contributed by atoms with Gasteiger partial charge < -0.3 is 0 Å². The molecule has 0 aliphatic heterocycles. The van der Waals surface area contributed by atoms with Gasteiger partial charge in [-0.25, -0.2) is 0 Å². The lowest BCUT2D eigenvalue weighted by Crippen LogP contribution is -1.95. The van der Waals surface area contributed by atoms with E-state index in [2.05, 4.69) is 29.9 Å². The van der Waals surface area contributed by atoms with Crippen LogP contribution in [0.1, 0.15) is 56.5 Å². The van der Waals surface area contributed by atoms with Crippen molar-refractivity contribution in [3.63, 3.8) is 0 Å². The largest absolute Gasteiger partial charge is 0.260 e. The van der Waals surface area contributed by atoms with E-state index >= 15 is 0 Å². The highest BCUT2D eigenvalue weighted by Gasteiger charge is 2.05. The SMILES string of the molecule is CC(C)c1ncccc1C#N.CC(C)c1ncccc1Cl. The molecule has 0 unspecified atom stereocenters. The molecule has 0 saturated heterocycles. The van der Waals surface area contributed by atoms with E-state index in [1.807, 2.05) is 26.0 Å². The van der Waals surface area contributed by atoms with E-state index in [1.165, 1.54) is 0 Å². The molecule has 0 fully saturated rings. The van der Waals surface area contributed by atoms with Crippen LogP contribution in [-0.4, -0.2) is 9.97 Å². The third-order valence-electron chi connectivity index (χ3n) is 2.84. The van der Waals surface area contributed by atoms with Crippen molar-refractivity contribution in [3.8, 4) is 6.07 Å². The number of rotatable bonds is 2. The van der Waals surface area contributed by atoms with E-state index in [0.717, 1.165) is 16.4 Å². The monoisotopic (exact) mass is 301 g/mol. The zero-order valence-electron chi connectivity index (χ0n) is 12.8. The molecule has 0 aliphatic carbocycles. The summed E-state index contributed by atoms with van der Waals surface area (Å²) in [7, 11) is 0. The predicted molar refractivity (Wildman–Crippen MR) is 86.4 cm³/mol. The van der Waals surface area contributed by atoms with E-state index in [9.17, 15) is 0 Å². The highest BCUT2D eigenvalue weighted by atomic mass is 35.5. The summed E-state index contributed by atoms with van der Waals surface area (Å²) in [4.78, 5) is 8.27. The number of halogens is 1. The highest BCUT2D eigenvalue weighted by Crippen LogP contribution is 2.20. The van der Waals surface area contributed by atoms with Gasteiger partial charge in [-0.2, -0.15) is 5.26 Å². The van der Waals surface area contributed by atoms with E-state index < -0.39 is 0 Å². The van der Waals surface area contributed by atoms with Crippen LogP contribution in [-0.2, 0) is 0 Å². The van der Waals surface area contributed by atoms with E-state index in [1.54, 1.807) is 24.5 Å². The van der Waals surface area contributed by atoms with Gasteiger partial charge in [-0.1, -0.05) is 39.3 Å². The summed E-state index contributed by atoms with van der Waals surface area (Å²) in [5, 5.41) is 9.44. The summed E-state index contributed by atoms with van der Waals surface area (Å²) >= 11 is 5.86. The van der Waals surface area contributed by atoms with Crippen molar-refractivity contribution in [2.45, 2.75) is 39.5 Å². The molecule has 0 saturated carbocycles. The van der Waals surface area contributed by atoms with Gasteiger partial charge in [-0.3, -0.25) is 9.97 Å². The molecule has 110 valence electrons. The molecule has 0 radical (unpaired) electrons. The normalized spacial score (nSPS) is 10.0. The molecular weight excluding hydrogens is 282 g/mol. The Morgan fingerprint density at radius 2 is 1.48 bits per heavy atom. The van der Waals surface area contributed by atoms with Gasteiger partial charge >= 0.3 is 0 Å². The first-order valence-corrected chi connectivity index (χ1v) is 7.30. The molecule has 2 heterocycles. The Morgan fingerprint density at radius 1 is 0.952 bits per heavy atom. The second-order valence-corrected chi connectivity index (χ2v) is 5.64. The lowest BCUT2D eigenvalue weighted by molar-refractivity contribution is 0.818. The maximum atomic E-state index is 8.68. The van der Waals surface area contributed by atoms with E-state index in [4.69, 9.17) is 16.9 Å². The summed E-state index contributed by atoms with van der Waals surface area (Å²) in [5.41, 5.74) is 2.54. The molecule has 0 aromatic carbocycles. The van der Waals surface area contributed by atoms with Gasteiger partial charge in [0.1, 0.15) is 6.07 Å². The topological polar surface area (TPSA) is 49.6 Å². The average Bonchev–Trinajstić information content (AvgIpc) is 2.48. The standard InChI is InChI=1S/C9H10N2.C8H10ClN/c1-7(2)9-8(6-10)4-3-5-11-9;1-6(2)8-7(9)4-3-5-10-8/h3-5,7H,1-2H3;3-6H,1-2H3. The Kier molecular flexibility index (Phi) is 6.84. The van der Waals surface area contributed by atoms with Crippen LogP contribution in [0.5, 0.6) is 0 Å². The van der Waals surface area contributed by atoms with Crippen LogP contribution in [0.25, 0.3) is 0 Å². The molecule has 2 aromatic heterocycles. The van der Waals surface area contributed by atoms with Crippen molar-refractivity contribution < 1.29 is 0 Å². The second-order valence-electron chi connectivity index (χ2n) is 5.23. The van der Waals surface area contributed by atoms with Gasteiger partial charge in [0.25, 0.3) is 0 Å². The Labute approximate surface area is 131 Å². The van der Waals surface area contributed by atoms with Gasteiger partial charge in [-0.05, 0) is 36.1 Å². The van der Waals surface area contributed by atoms with Crippen LogP contribution in [0.2, 0.25) is 5.02 Å². The Hall–Kier alpha value is -1.92. The second kappa shape index (κ2) is 8.39. The van der Waals surface area contributed by atoms with Crippen LogP contribution in [0.15, 0.2) is 36.7 Å². The van der Waals surface area contributed by atoms with Crippen molar-refractivity contribution in [3.05, 3.63) is 58.6 Å². The summed E-state index contributed by atoms with van der Waals surface area (Å²) in [5.74, 6) is 0.736. The first kappa shape index (κ1) is 17.1. The van der Waals surface area contributed by atoms with Gasteiger partial charge in [0.05, 0.1) is 22.0 Å². The molecule has 0 amide bonds. The van der Waals surface area contributed by atoms with Crippen LogP contribution in [0, 0.1) is 11.3 Å². The zero-order chi connectivity index (χ0) is 15.8. The van der Waals surface area contributed by atoms with Crippen molar-refractivity contribution in [1.29, 1.82) is 5.26 Å². The van der Waals surface area contributed by atoms with Crippen LogP contribution >= 0.6 is 11.6 Å². The van der Waals surface area contributed by atoms with Crippen molar-refractivity contribution in [2.75, 3.05) is 0 Å². The smallest absolute Gasteiger partial charge is 0.101 e. The fourth-order valence-electron chi connectivity index (χ4n) is 1.79.